The van der Waals surface area contributed by atoms with Crippen molar-refractivity contribution in [2.75, 3.05) is 12.4 Å². The number of ether oxygens (including phenoxy) is 1. The molecule has 0 atom stereocenters. The lowest BCUT2D eigenvalue weighted by molar-refractivity contribution is -0.116. The van der Waals surface area contributed by atoms with Gasteiger partial charge in [-0.25, -0.2) is 0 Å². The molecular weight excluding hydrogens is 256 g/mol. The van der Waals surface area contributed by atoms with Gasteiger partial charge in [-0.1, -0.05) is 0 Å². The summed E-state index contributed by atoms with van der Waals surface area (Å²) < 4.78 is 6.67. The minimum absolute atomic E-state index is 0.0627. The number of Topliss-reactive ketones (excluding diaryl/α,β-unsaturated/α-hetero) is 1. The Labute approximate surface area is 117 Å². The number of ketones is 1. The normalized spacial score (nSPS) is 10.1. The first-order chi connectivity index (χ1) is 9.60. The quantitative estimate of drug-likeness (QED) is 0.850. The van der Waals surface area contributed by atoms with E-state index in [2.05, 4.69) is 5.32 Å². The minimum Gasteiger partial charge on any atom is -0.497 e. The van der Waals surface area contributed by atoms with Gasteiger partial charge in [0.05, 0.1) is 12.8 Å². The van der Waals surface area contributed by atoms with Crippen molar-refractivity contribution in [3.63, 3.8) is 0 Å². The smallest absolute Gasteiger partial charge is 0.244 e. The van der Waals surface area contributed by atoms with Gasteiger partial charge in [0.25, 0.3) is 0 Å². The average molecular weight is 272 g/mol. The van der Waals surface area contributed by atoms with E-state index in [1.165, 1.54) is 6.92 Å². The number of hydrogen-bond acceptors (Lipinski definition) is 3. The largest absolute Gasteiger partial charge is 0.497 e. The second-order valence-electron chi connectivity index (χ2n) is 4.35. The number of methoxy groups -OCH3 is 1. The van der Waals surface area contributed by atoms with Gasteiger partial charge in [-0.05, 0) is 36.4 Å². The Balaban J connectivity index is 2.01. The Morgan fingerprint density at radius 1 is 1.20 bits per heavy atom. The second-order valence-corrected chi connectivity index (χ2v) is 4.35. The van der Waals surface area contributed by atoms with Gasteiger partial charge >= 0.3 is 0 Å². The first kappa shape index (κ1) is 13.9. The van der Waals surface area contributed by atoms with Crippen LogP contribution in [0, 0.1) is 0 Å². The number of amides is 1. The summed E-state index contributed by atoms with van der Waals surface area (Å²) in [5.41, 5.74) is 1.21. The summed E-state index contributed by atoms with van der Waals surface area (Å²) in [6, 6.07) is 10.5. The molecule has 0 bridgehead atoms. The lowest BCUT2D eigenvalue weighted by Gasteiger charge is -2.09. The maximum Gasteiger partial charge on any atom is 0.244 e. The number of nitrogens with one attached hydrogen (secondary N) is 1. The Bertz CT molecular complexity index is 614. The monoisotopic (exact) mass is 272 g/mol. The highest BCUT2D eigenvalue weighted by molar-refractivity contribution is 5.94. The van der Waals surface area contributed by atoms with E-state index in [4.69, 9.17) is 4.74 Å². The first-order valence-electron chi connectivity index (χ1n) is 6.20. The SMILES string of the molecule is COc1ccc(NC(=O)Cn2cccc2C(C)=O)cc1. The van der Waals surface area contributed by atoms with Crippen LogP contribution in [0.15, 0.2) is 42.6 Å². The predicted octanol–water partition coefficient (Wildman–Crippen LogP) is 2.34. The molecule has 0 fully saturated rings. The zero-order valence-corrected chi connectivity index (χ0v) is 11.4. The topological polar surface area (TPSA) is 60.3 Å². The molecule has 0 radical (unpaired) electrons. The van der Waals surface area contributed by atoms with E-state index in [1.54, 1.807) is 54.3 Å². The van der Waals surface area contributed by atoms with Gasteiger partial charge in [0.2, 0.25) is 5.91 Å². The molecule has 1 aromatic carbocycles. The molecule has 0 unspecified atom stereocenters. The van der Waals surface area contributed by atoms with Crippen LogP contribution >= 0.6 is 0 Å². The van der Waals surface area contributed by atoms with E-state index >= 15 is 0 Å². The summed E-state index contributed by atoms with van der Waals surface area (Å²) in [6.45, 7) is 1.58. The fourth-order valence-electron chi connectivity index (χ4n) is 1.90. The molecule has 0 aliphatic rings. The number of aromatic nitrogens is 1. The second kappa shape index (κ2) is 6.06. The summed E-state index contributed by atoms with van der Waals surface area (Å²) in [6.07, 6.45) is 1.71. The summed E-state index contributed by atoms with van der Waals surface area (Å²) in [5, 5.41) is 2.77. The molecule has 2 rings (SSSR count). The molecule has 5 nitrogen and oxygen atoms in total. The van der Waals surface area contributed by atoms with Crippen LogP contribution in [0.3, 0.4) is 0 Å². The van der Waals surface area contributed by atoms with Gasteiger partial charge in [0.1, 0.15) is 12.3 Å². The third kappa shape index (κ3) is 3.26. The van der Waals surface area contributed by atoms with Crippen molar-refractivity contribution < 1.29 is 14.3 Å². The zero-order chi connectivity index (χ0) is 14.5. The average Bonchev–Trinajstić information content (AvgIpc) is 2.87. The molecule has 2 aromatic rings. The van der Waals surface area contributed by atoms with Crippen molar-refractivity contribution in [3.05, 3.63) is 48.3 Å². The first-order valence-corrected chi connectivity index (χ1v) is 6.20. The lowest BCUT2D eigenvalue weighted by atomic mass is 10.3. The van der Waals surface area contributed by atoms with Crippen molar-refractivity contribution >= 4 is 17.4 Å². The van der Waals surface area contributed by atoms with Crippen LogP contribution in [0.25, 0.3) is 0 Å². The summed E-state index contributed by atoms with van der Waals surface area (Å²) in [5.74, 6) is 0.480. The maximum atomic E-state index is 11.9. The Morgan fingerprint density at radius 3 is 2.50 bits per heavy atom. The molecule has 5 heteroatoms. The summed E-state index contributed by atoms with van der Waals surface area (Å²) in [4.78, 5) is 23.3. The van der Waals surface area contributed by atoms with E-state index in [9.17, 15) is 9.59 Å². The number of carbonyl (C=O) groups is 2. The number of carbonyl (C=O) groups excluding carboxylic acids is 2. The molecule has 0 saturated carbocycles. The summed E-state index contributed by atoms with van der Waals surface area (Å²) >= 11 is 0. The zero-order valence-electron chi connectivity index (χ0n) is 11.4. The Hall–Kier alpha value is -2.56. The molecular formula is C15H16N2O3. The molecule has 1 amide bonds. The molecule has 0 spiro atoms. The fourth-order valence-corrected chi connectivity index (χ4v) is 1.90. The van der Waals surface area contributed by atoms with Crippen LogP contribution < -0.4 is 10.1 Å². The molecule has 0 saturated heterocycles. The maximum absolute atomic E-state index is 11.9. The third-order valence-electron chi connectivity index (χ3n) is 2.88. The van der Waals surface area contributed by atoms with Crippen molar-refractivity contribution in [1.29, 1.82) is 0 Å². The molecule has 1 heterocycles. The highest BCUT2D eigenvalue weighted by Gasteiger charge is 2.09. The van der Waals surface area contributed by atoms with Crippen LogP contribution in [-0.2, 0) is 11.3 Å². The van der Waals surface area contributed by atoms with Crippen LogP contribution in [0.5, 0.6) is 5.75 Å². The Morgan fingerprint density at radius 2 is 1.90 bits per heavy atom. The molecule has 0 aliphatic carbocycles. The standard InChI is InChI=1S/C15H16N2O3/c1-11(18)14-4-3-9-17(14)10-15(19)16-12-5-7-13(20-2)8-6-12/h3-9H,10H2,1-2H3,(H,16,19). The number of benzene rings is 1. The van der Waals surface area contributed by atoms with E-state index < -0.39 is 0 Å². The molecule has 1 aromatic heterocycles. The van der Waals surface area contributed by atoms with Gasteiger partial charge in [0, 0.05) is 18.8 Å². The third-order valence-corrected chi connectivity index (χ3v) is 2.88. The predicted molar refractivity (Wildman–Crippen MR) is 76.1 cm³/mol. The van der Waals surface area contributed by atoms with Crippen LogP contribution in [0.2, 0.25) is 0 Å². The van der Waals surface area contributed by atoms with Gasteiger partial charge in [-0.3, -0.25) is 9.59 Å². The van der Waals surface area contributed by atoms with Crippen LogP contribution in [0.1, 0.15) is 17.4 Å². The van der Waals surface area contributed by atoms with Gasteiger partial charge in [-0.2, -0.15) is 0 Å². The van der Waals surface area contributed by atoms with E-state index in [0.717, 1.165) is 5.75 Å². The highest BCUT2D eigenvalue weighted by Crippen LogP contribution is 2.15. The van der Waals surface area contributed by atoms with E-state index in [0.29, 0.717) is 11.4 Å². The van der Waals surface area contributed by atoms with Crippen molar-refractivity contribution in [3.8, 4) is 5.75 Å². The number of anilines is 1. The highest BCUT2D eigenvalue weighted by atomic mass is 16.5. The lowest BCUT2D eigenvalue weighted by Crippen LogP contribution is -2.20. The number of hydrogen-bond donors (Lipinski definition) is 1. The molecule has 1 N–H and O–H groups in total. The van der Waals surface area contributed by atoms with Crippen LogP contribution in [-0.4, -0.2) is 23.4 Å². The van der Waals surface area contributed by atoms with Gasteiger partial charge in [0.15, 0.2) is 5.78 Å². The van der Waals surface area contributed by atoms with Crippen LogP contribution in [0.4, 0.5) is 5.69 Å². The molecule has 0 aliphatic heterocycles. The molecule has 104 valence electrons. The van der Waals surface area contributed by atoms with Crippen molar-refractivity contribution in [1.82, 2.24) is 4.57 Å². The fraction of sp³-hybridized carbons (Fsp3) is 0.200. The number of nitrogens with zero attached hydrogens (tertiary/aromatic N) is 1. The minimum atomic E-state index is -0.186. The van der Waals surface area contributed by atoms with Gasteiger partial charge in [-0.15, -0.1) is 0 Å². The number of rotatable bonds is 5. The van der Waals surface area contributed by atoms with Crippen molar-refractivity contribution in [2.24, 2.45) is 0 Å². The van der Waals surface area contributed by atoms with E-state index in [-0.39, 0.29) is 18.2 Å². The summed E-state index contributed by atoms with van der Waals surface area (Å²) in [7, 11) is 1.59. The van der Waals surface area contributed by atoms with E-state index in [1.807, 2.05) is 0 Å². The molecule has 20 heavy (non-hydrogen) atoms. The van der Waals surface area contributed by atoms with Crippen molar-refractivity contribution in [2.45, 2.75) is 13.5 Å². The Kier molecular flexibility index (Phi) is 4.20. The van der Waals surface area contributed by atoms with Gasteiger partial charge < -0.3 is 14.6 Å².